The summed E-state index contributed by atoms with van der Waals surface area (Å²) in [6.07, 6.45) is 3.17. The fourth-order valence-corrected chi connectivity index (χ4v) is 8.02. The number of amides is 1. The normalized spacial score (nSPS) is 30.2. The van der Waals surface area contributed by atoms with Crippen molar-refractivity contribution in [1.29, 1.82) is 0 Å². The third kappa shape index (κ3) is 6.73. The molecule has 1 aliphatic carbocycles. The minimum Gasteiger partial charge on any atom is -0.392 e. The number of fused-ring (bicyclic) bond motifs is 2. The summed E-state index contributed by atoms with van der Waals surface area (Å²) in [7, 11) is 0. The number of hydrogen-bond acceptors (Lipinski definition) is 5. The van der Waals surface area contributed by atoms with Crippen molar-refractivity contribution in [2.75, 3.05) is 13.1 Å². The van der Waals surface area contributed by atoms with E-state index in [1.807, 2.05) is 54.6 Å². The molecule has 6 nitrogen and oxygen atoms in total. The third-order valence-electron chi connectivity index (χ3n) is 9.80. The molecule has 0 radical (unpaired) electrons. The Hall–Kier alpha value is -3.03. The molecule has 2 N–H and O–H groups in total. The lowest BCUT2D eigenvalue weighted by molar-refractivity contribution is -0.276. The third-order valence-corrected chi connectivity index (χ3v) is 9.80. The van der Waals surface area contributed by atoms with E-state index >= 15 is 0 Å². The lowest BCUT2D eigenvalue weighted by atomic mass is 9.65. The highest BCUT2D eigenvalue weighted by Crippen LogP contribution is 2.53. The molecule has 2 heterocycles. The molecule has 6 atom stereocenters. The van der Waals surface area contributed by atoms with Crippen LogP contribution in [0.4, 0.5) is 0 Å². The lowest BCUT2D eigenvalue weighted by Gasteiger charge is -2.43. The molecule has 6 heteroatoms. The van der Waals surface area contributed by atoms with Gasteiger partial charge in [0.2, 0.25) is 0 Å². The summed E-state index contributed by atoms with van der Waals surface area (Å²) in [6, 6.07) is 26.2. The molecule has 6 rings (SSSR count). The minimum absolute atomic E-state index is 0.0113. The van der Waals surface area contributed by atoms with Crippen LogP contribution in [0.1, 0.15) is 92.0 Å². The van der Waals surface area contributed by atoms with Gasteiger partial charge in [-0.25, -0.2) is 0 Å². The minimum atomic E-state index is -0.495. The molecule has 2 unspecified atom stereocenters. The molecule has 3 fully saturated rings. The highest BCUT2D eigenvalue weighted by molar-refractivity contribution is 5.94. The number of ether oxygens (including phenoxy) is 2. The van der Waals surface area contributed by atoms with Gasteiger partial charge in [0.15, 0.2) is 6.29 Å². The SMILES string of the molecule is C[C@@H]1[C@H](CN2CC3(C)CC2CC(C)(C)C3)O[C@H](c2ccc(CNC(=O)c3ccccc3)cc2)O[C@@H]1c1ccc(CO)cc1. The van der Waals surface area contributed by atoms with Crippen LogP contribution in [0.25, 0.3) is 0 Å². The summed E-state index contributed by atoms with van der Waals surface area (Å²) in [6.45, 7) is 12.1. The molecule has 3 aromatic rings. The standard InChI is InChI=1S/C37H46N2O4/c1-25-32(21-39-24-37(4)19-31(39)18-36(2,3)23-37)42-35(43-33(25)28-14-12-27(22-40)13-15-28)30-16-10-26(11-17-30)20-38-34(41)29-8-6-5-7-9-29/h5-17,25,31-33,35,40H,18-24H2,1-4H3,(H,38,41)/t25-,31?,32+,33+,35+,37?/m1/s1. The van der Waals surface area contributed by atoms with Gasteiger partial charge in [-0.2, -0.15) is 0 Å². The van der Waals surface area contributed by atoms with E-state index < -0.39 is 6.29 Å². The summed E-state index contributed by atoms with van der Waals surface area (Å²) in [5.41, 5.74) is 5.39. The molecular formula is C37H46N2O4. The number of likely N-dealkylation sites (tertiary alicyclic amines) is 1. The first-order valence-corrected chi connectivity index (χ1v) is 15.8. The zero-order valence-corrected chi connectivity index (χ0v) is 26.0. The van der Waals surface area contributed by atoms with Crippen molar-refractivity contribution in [2.45, 2.75) is 84.6 Å². The zero-order valence-electron chi connectivity index (χ0n) is 26.0. The molecule has 2 aliphatic heterocycles. The molecule has 1 amide bonds. The van der Waals surface area contributed by atoms with E-state index in [4.69, 9.17) is 9.47 Å². The molecule has 2 saturated heterocycles. The van der Waals surface area contributed by atoms with Gasteiger partial charge in [-0.1, -0.05) is 94.4 Å². The summed E-state index contributed by atoms with van der Waals surface area (Å²) in [5, 5.41) is 12.6. The van der Waals surface area contributed by atoms with E-state index in [1.54, 1.807) is 0 Å². The molecule has 1 saturated carbocycles. The molecule has 228 valence electrons. The largest absolute Gasteiger partial charge is 0.392 e. The van der Waals surface area contributed by atoms with E-state index in [0.29, 0.717) is 29.0 Å². The number of nitrogens with zero attached hydrogens (tertiary/aromatic N) is 1. The molecule has 2 bridgehead atoms. The Kier molecular flexibility index (Phi) is 8.49. The van der Waals surface area contributed by atoms with E-state index in [2.05, 4.69) is 62.2 Å². The van der Waals surface area contributed by atoms with Gasteiger partial charge in [-0.3, -0.25) is 9.69 Å². The van der Waals surface area contributed by atoms with Crippen molar-refractivity contribution < 1.29 is 19.4 Å². The smallest absolute Gasteiger partial charge is 0.251 e. The van der Waals surface area contributed by atoms with Gasteiger partial charge < -0.3 is 19.9 Å². The Morgan fingerprint density at radius 2 is 1.58 bits per heavy atom. The number of aliphatic hydroxyl groups excluding tert-OH is 1. The maximum Gasteiger partial charge on any atom is 0.251 e. The highest BCUT2D eigenvalue weighted by atomic mass is 16.7. The van der Waals surface area contributed by atoms with Crippen LogP contribution < -0.4 is 5.32 Å². The molecule has 43 heavy (non-hydrogen) atoms. The summed E-state index contributed by atoms with van der Waals surface area (Å²) in [4.78, 5) is 15.2. The van der Waals surface area contributed by atoms with Crippen LogP contribution in [0, 0.1) is 16.7 Å². The average molecular weight is 583 g/mol. The molecule has 0 spiro atoms. The highest BCUT2D eigenvalue weighted by Gasteiger charge is 2.51. The second-order valence-corrected chi connectivity index (χ2v) is 14.3. The van der Waals surface area contributed by atoms with Gasteiger partial charge in [0.25, 0.3) is 5.91 Å². The van der Waals surface area contributed by atoms with E-state index in [1.165, 1.54) is 19.3 Å². The predicted octanol–water partition coefficient (Wildman–Crippen LogP) is 6.80. The van der Waals surface area contributed by atoms with E-state index in [9.17, 15) is 9.90 Å². The van der Waals surface area contributed by atoms with Crippen LogP contribution >= 0.6 is 0 Å². The molecule has 0 aromatic heterocycles. The van der Waals surface area contributed by atoms with Gasteiger partial charge in [0, 0.05) is 42.7 Å². The quantitative estimate of drug-likeness (QED) is 0.306. The van der Waals surface area contributed by atoms with Crippen molar-refractivity contribution >= 4 is 5.91 Å². The fraction of sp³-hybridized carbons (Fsp3) is 0.486. The lowest BCUT2D eigenvalue weighted by Crippen LogP contribution is -2.46. The maximum absolute atomic E-state index is 12.5. The number of carbonyl (C=O) groups is 1. The average Bonchev–Trinajstić information content (AvgIpc) is 3.24. The Morgan fingerprint density at radius 3 is 2.28 bits per heavy atom. The maximum atomic E-state index is 12.5. The number of aliphatic hydroxyl groups is 1. The number of benzene rings is 3. The van der Waals surface area contributed by atoms with Crippen LogP contribution in [0.5, 0.6) is 0 Å². The Balaban J connectivity index is 1.19. The fourth-order valence-electron chi connectivity index (χ4n) is 8.02. The Bertz CT molecular complexity index is 1390. The van der Waals surface area contributed by atoms with E-state index in [-0.39, 0.29) is 30.6 Å². The first-order valence-electron chi connectivity index (χ1n) is 15.8. The molecule has 3 aromatic carbocycles. The second kappa shape index (κ2) is 12.2. The Morgan fingerprint density at radius 1 is 0.907 bits per heavy atom. The van der Waals surface area contributed by atoms with Gasteiger partial charge >= 0.3 is 0 Å². The number of carbonyl (C=O) groups excluding carboxylic acids is 1. The van der Waals surface area contributed by atoms with Gasteiger partial charge in [-0.15, -0.1) is 0 Å². The van der Waals surface area contributed by atoms with Crippen LogP contribution in [0.2, 0.25) is 0 Å². The van der Waals surface area contributed by atoms with Crippen molar-refractivity contribution in [2.24, 2.45) is 16.7 Å². The van der Waals surface area contributed by atoms with Crippen molar-refractivity contribution in [3.63, 3.8) is 0 Å². The number of hydrogen-bond donors (Lipinski definition) is 2. The molecular weight excluding hydrogens is 536 g/mol. The first kappa shape index (κ1) is 30.0. The summed E-state index contributed by atoms with van der Waals surface area (Å²) < 4.78 is 13.5. The first-order chi connectivity index (χ1) is 20.6. The zero-order chi connectivity index (χ0) is 30.2. The molecule has 3 aliphatic rings. The predicted molar refractivity (Wildman–Crippen MR) is 168 cm³/mol. The van der Waals surface area contributed by atoms with Gasteiger partial charge in [0.05, 0.1) is 18.8 Å². The second-order valence-electron chi connectivity index (χ2n) is 14.3. The number of rotatable bonds is 8. The van der Waals surface area contributed by atoms with Crippen LogP contribution in [-0.2, 0) is 22.6 Å². The van der Waals surface area contributed by atoms with Crippen molar-refractivity contribution in [3.05, 3.63) is 107 Å². The monoisotopic (exact) mass is 582 g/mol. The van der Waals surface area contributed by atoms with Crippen molar-refractivity contribution in [3.8, 4) is 0 Å². The van der Waals surface area contributed by atoms with Crippen LogP contribution in [-0.4, -0.2) is 41.1 Å². The topological polar surface area (TPSA) is 71.0 Å². The van der Waals surface area contributed by atoms with E-state index in [0.717, 1.165) is 35.3 Å². The van der Waals surface area contributed by atoms with Crippen LogP contribution in [0.3, 0.4) is 0 Å². The van der Waals surface area contributed by atoms with Crippen LogP contribution in [0.15, 0.2) is 78.9 Å². The van der Waals surface area contributed by atoms with Crippen molar-refractivity contribution in [1.82, 2.24) is 10.2 Å². The Labute approximate surface area is 256 Å². The summed E-state index contributed by atoms with van der Waals surface area (Å²) in [5.74, 6) is 0.0733. The summed E-state index contributed by atoms with van der Waals surface area (Å²) >= 11 is 0. The number of nitrogens with one attached hydrogen (secondary N) is 1. The van der Waals surface area contributed by atoms with Gasteiger partial charge in [-0.05, 0) is 58.9 Å². The van der Waals surface area contributed by atoms with Gasteiger partial charge in [0.1, 0.15) is 0 Å².